The largest absolute Gasteiger partial charge is 0.383 e. The molecule has 0 radical (unpaired) electrons. The molecule has 0 saturated carbocycles. The second kappa shape index (κ2) is 2.26. The van der Waals surface area contributed by atoms with Gasteiger partial charge in [0.15, 0.2) is 5.82 Å². The standard InChI is InChI=1S/C4H7BrN4/c1-7-4-2(5)3(6)8-9-4/h1H3,(H4,6,7,8,9). The van der Waals surface area contributed by atoms with Crippen molar-refractivity contribution in [3.8, 4) is 0 Å². The smallest absolute Gasteiger partial charge is 0.164 e. The third-order valence-electron chi connectivity index (χ3n) is 0.969. The molecule has 0 aliphatic rings. The number of H-pyrrole nitrogens is 1. The minimum Gasteiger partial charge on any atom is -0.383 e. The van der Waals surface area contributed by atoms with Gasteiger partial charge in [0.1, 0.15) is 10.3 Å². The molecule has 0 atom stereocenters. The lowest BCUT2D eigenvalue weighted by molar-refractivity contribution is 1.10. The highest BCUT2D eigenvalue weighted by atomic mass is 79.9. The summed E-state index contributed by atoms with van der Waals surface area (Å²) in [6, 6.07) is 0. The van der Waals surface area contributed by atoms with E-state index < -0.39 is 0 Å². The number of halogens is 1. The third-order valence-corrected chi connectivity index (χ3v) is 1.77. The predicted octanol–water partition coefficient (Wildman–Crippen LogP) is 0.796. The number of nitrogens with two attached hydrogens (primary N) is 1. The van der Waals surface area contributed by atoms with Gasteiger partial charge < -0.3 is 11.1 Å². The van der Waals surface area contributed by atoms with Crippen LogP contribution in [0.25, 0.3) is 0 Å². The quantitative estimate of drug-likeness (QED) is 0.614. The molecule has 0 unspecified atom stereocenters. The van der Waals surface area contributed by atoms with Crippen molar-refractivity contribution in [2.75, 3.05) is 18.1 Å². The molecule has 1 aromatic rings. The minimum absolute atomic E-state index is 0.541. The van der Waals surface area contributed by atoms with Crippen LogP contribution in [0.5, 0.6) is 0 Å². The Hall–Kier alpha value is -0.710. The van der Waals surface area contributed by atoms with E-state index >= 15 is 0 Å². The van der Waals surface area contributed by atoms with E-state index in [1.54, 1.807) is 7.05 Å². The summed E-state index contributed by atoms with van der Waals surface area (Å²) in [7, 11) is 1.78. The normalized spacial score (nSPS) is 9.56. The molecule has 5 heteroatoms. The molecular weight excluding hydrogens is 184 g/mol. The topological polar surface area (TPSA) is 66.7 Å². The lowest BCUT2D eigenvalue weighted by Crippen LogP contribution is -1.87. The van der Waals surface area contributed by atoms with Crippen LogP contribution in [0.1, 0.15) is 0 Å². The Labute approximate surface area is 61.0 Å². The molecule has 1 aromatic heterocycles. The zero-order chi connectivity index (χ0) is 6.85. The number of anilines is 2. The average Bonchev–Trinajstić information content (AvgIpc) is 2.15. The Balaban J connectivity index is 3.04. The Kier molecular flexibility index (Phi) is 1.61. The maximum atomic E-state index is 5.41. The van der Waals surface area contributed by atoms with E-state index in [1.807, 2.05) is 0 Å². The lowest BCUT2D eigenvalue weighted by Gasteiger charge is -1.90. The van der Waals surface area contributed by atoms with E-state index in [1.165, 1.54) is 0 Å². The zero-order valence-corrected chi connectivity index (χ0v) is 6.49. The molecule has 4 nitrogen and oxygen atoms in total. The van der Waals surface area contributed by atoms with Crippen LogP contribution in [0.2, 0.25) is 0 Å². The monoisotopic (exact) mass is 190 g/mol. The van der Waals surface area contributed by atoms with Crippen LogP contribution in [0.15, 0.2) is 4.47 Å². The molecule has 50 valence electrons. The van der Waals surface area contributed by atoms with Gasteiger partial charge in [-0.05, 0) is 15.9 Å². The van der Waals surface area contributed by atoms with Gasteiger partial charge >= 0.3 is 0 Å². The molecule has 0 aliphatic heterocycles. The van der Waals surface area contributed by atoms with E-state index in [0.717, 1.165) is 10.3 Å². The Morgan fingerprint density at radius 1 is 1.78 bits per heavy atom. The first-order valence-electron chi connectivity index (χ1n) is 2.42. The van der Waals surface area contributed by atoms with Gasteiger partial charge in [0.25, 0.3) is 0 Å². The predicted molar refractivity (Wildman–Crippen MR) is 40.2 cm³/mol. The fraction of sp³-hybridized carbons (Fsp3) is 0.250. The SMILES string of the molecule is CNc1n[nH]c(N)c1Br. The van der Waals surface area contributed by atoms with Gasteiger partial charge in [-0.15, -0.1) is 0 Å². The number of hydrogen-bond donors (Lipinski definition) is 3. The summed E-state index contributed by atoms with van der Waals surface area (Å²) >= 11 is 3.23. The Morgan fingerprint density at radius 3 is 2.67 bits per heavy atom. The van der Waals surface area contributed by atoms with Crippen molar-refractivity contribution < 1.29 is 0 Å². The van der Waals surface area contributed by atoms with E-state index in [-0.39, 0.29) is 0 Å². The van der Waals surface area contributed by atoms with E-state index in [0.29, 0.717) is 5.82 Å². The van der Waals surface area contributed by atoms with E-state index in [9.17, 15) is 0 Å². The molecule has 0 fully saturated rings. The molecule has 1 heterocycles. The van der Waals surface area contributed by atoms with Gasteiger partial charge in [-0.25, -0.2) is 0 Å². The first-order chi connectivity index (χ1) is 4.25. The third kappa shape index (κ3) is 0.999. The van der Waals surface area contributed by atoms with Crippen molar-refractivity contribution in [1.82, 2.24) is 10.2 Å². The molecule has 0 saturated heterocycles. The van der Waals surface area contributed by atoms with Gasteiger partial charge in [0, 0.05) is 7.05 Å². The number of nitrogens with zero attached hydrogens (tertiary/aromatic N) is 1. The molecule has 4 N–H and O–H groups in total. The van der Waals surface area contributed by atoms with Crippen LogP contribution >= 0.6 is 15.9 Å². The maximum absolute atomic E-state index is 5.41. The first-order valence-corrected chi connectivity index (χ1v) is 3.22. The zero-order valence-electron chi connectivity index (χ0n) is 4.90. The lowest BCUT2D eigenvalue weighted by atomic mass is 10.6. The fourth-order valence-electron chi connectivity index (χ4n) is 0.507. The number of nitrogen functional groups attached to an aromatic ring is 1. The van der Waals surface area contributed by atoms with Crippen LogP contribution in [-0.4, -0.2) is 17.2 Å². The fourth-order valence-corrected chi connectivity index (χ4v) is 0.883. The van der Waals surface area contributed by atoms with Gasteiger partial charge in [-0.3, -0.25) is 5.10 Å². The van der Waals surface area contributed by atoms with Crippen LogP contribution in [0.3, 0.4) is 0 Å². The second-order valence-corrected chi connectivity index (χ2v) is 2.34. The van der Waals surface area contributed by atoms with Crippen molar-refractivity contribution >= 4 is 27.6 Å². The molecule has 0 spiro atoms. The van der Waals surface area contributed by atoms with Crippen LogP contribution < -0.4 is 11.1 Å². The second-order valence-electron chi connectivity index (χ2n) is 1.55. The summed E-state index contributed by atoms with van der Waals surface area (Å²) in [5, 5.41) is 9.28. The summed E-state index contributed by atoms with van der Waals surface area (Å²) in [5.74, 6) is 1.27. The summed E-state index contributed by atoms with van der Waals surface area (Å²) in [6.45, 7) is 0. The Bertz CT molecular complexity index is 206. The Morgan fingerprint density at radius 2 is 2.44 bits per heavy atom. The van der Waals surface area contributed by atoms with Crippen LogP contribution in [0.4, 0.5) is 11.6 Å². The molecule has 0 amide bonds. The first kappa shape index (κ1) is 6.41. The molecular formula is C4H7BrN4. The molecule has 0 aromatic carbocycles. The number of nitrogens with one attached hydrogen (secondary N) is 2. The number of rotatable bonds is 1. The molecule has 0 bridgehead atoms. The van der Waals surface area contributed by atoms with Crippen LogP contribution in [0, 0.1) is 0 Å². The van der Waals surface area contributed by atoms with Gasteiger partial charge in [-0.2, -0.15) is 5.10 Å². The minimum atomic E-state index is 0.541. The summed E-state index contributed by atoms with van der Waals surface area (Å²) in [5.41, 5.74) is 5.41. The van der Waals surface area contributed by atoms with Gasteiger partial charge in [-0.1, -0.05) is 0 Å². The van der Waals surface area contributed by atoms with Crippen molar-refractivity contribution in [3.63, 3.8) is 0 Å². The highest BCUT2D eigenvalue weighted by Crippen LogP contribution is 2.24. The average molecular weight is 191 g/mol. The molecule has 9 heavy (non-hydrogen) atoms. The summed E-state index contributed by atoms with van der Waals surface area (Å²) in [6.07, 6.45) is 0. The highest BCUT2D eigenvalue weighted by Gasteiger charge is 2.03. The number of aromatic amines is 1. The number of hydrogen-bond acceptors (Lipinski definition) is 3. The highest BCUT2D eigenvalue weighted by molar-refractivity contribution is 9.10. The van der Waals surface area contributed by atoms with Gasteiger partial charge in [0.2, 0.25) is 0 Å². The van der Waals surface area contributed by atoms with Crippen molar-refractivity contribution in [3.05, 3.63) is 4.47 Å². The van der Waals surface area contributed by atoms with E-state index in [2.05, 4.69) is 31.4 Å². The molecule has 0 aliphatic carbocycles. The summed E-state index contributed by atoms with van der Waals surface area (Å²) < 4.78 is 0.782. The van der Waals surface area contributed by atoms with E-state index in [4.69, 9.17) is 5.73 Å². The van der Waals surface area contributed by atoms with Crippen molar-refractivity contribution in [2.45, 2.75) is 0 Å². The molecule has 1 rings (SSSR count). The summed E-state index contributed by atoms with van der Waals surface area (Å²) in [4.78, 5) is 0. The maximum Gasteiger partial charge on any atom is 0.164 e. The number of aromatic nitrogens is 2. The van der Waals surface area contributed by atoms with Crippen molar-refractivity contribution in [2.24, 2.45) is 0 Å². The van der Waals surface area contributed by atoms with Crippen molar-refractivity contribution in [1.29, 1.82) is 0 Å². The van der Waals surface area contributed by atoms with Gasteiger partial charge in [0.05, 0.1) is 0 Å². The van der Waals surface area contributed by atoms with Crippen LogP contribution in [-0.2, 0) is 0 Å².